The first kappa shape index (κ1) is 16.6. The van der Waals surface area contributed by atoms with Gasteiger partial charge in [0.05, 0.1) is 5.69 Å². The Balaban J connectivity index is 2.02. The standard InChI is InChI=1S/C17H25FN4/c1-12-16(13(2)22(5)20-12)10-19-11-17(21(3)4)14-6-8-15(18)9-7-14/h6-9,17,19H,10-11H2,1-5H3. The van der Waals surface area contributed by atoms with Crippen molar-refractivity contribution in [3.63, 3.8) is 0 Å². The van der Waals surface area contributed by atoms with E-state index in [0.29, 0.717) is 0 Å². The van der Waals surface area contributed by atoms with E-state index in [1.165, 1.54) is 23.4 Å². The lowest BCUT2D eigenvalue weighted by Crippen LogP contribution is -2.31. The molecular formula is C17H25FN4. The Morgan fingerprint density at radius 1 is 1.23 bits per heavy atom. The number of halogens is 1. The van der Waals surface area contributed by atoms with Crippen molar-refractivity contribution in [1.82, 2.24) is 20.0 Å². The van der Waals surface area contributed by atoms with Gasteiger partial charge in [0.15, 0.2) is 0 Å². The second-order valence-electron chi connectivity index (χ2n) is 5.93. The number of nitrogens with one attached hydrogen (secondary N) is 1. The Labute approximate surface area is 131 Å². The molecule has 22 heavy (non-hydrogen) atoms. The van der Waals surface area contributed by atoms with Gasteiger partial charge in [-0.2, -0.15) is 5.10 Å². The molecule has 2 aromatic rings. The van der Waals surface area contributed by atoms with Crippen molar-refractivity contribution >= 4 is 0 Å². The lowest BCUT2D eigenvalue weighted by molar-refractivity contribution is 0.288. The van der Waals surface area contributed by atoms with Crippen LogP contribution >= 0.6 is 0 Å². The molecule has 0 amide bonds. The molecule has 0 bridgehead atoms. The van der Waals surface area contributed by atoms with E-state index in [4.69, 9.17) is 0 Å². The van der Waals surface area contributed by atoms with Gasteiger partial charge in [0.2, 0.25) is 0 Å². The second-order valence-corrected chi connectivity index (χ2v) is 5.93. The van der Waals surface area contributed by atoms with Crippen LogP contribution in [-0.2, 0) is 13.6 Å². The first-order valence-electron chi connectivity index (χ1n) is 7.51. The summed E-state index contributed by atoms with van der Waals surface area (Å²) in [5.41, 5.74) is 4.61. The molecule has 1 N–H and O–H groups in total. The predicted octanol–water partition coefficient (Wildman–Crippen LogP) is 2.57. The zero-order chi connectivity index (χ0) is 16.3. The number of hydrogen-bond acceptors (Lipinski definition) is 3. The fraction of sp³-hybridized carbons (Fsp3) is 0.471. The molecule has 0 radical (unpaired) electrons. The summed E-state index contributed by atoms with van der Waals surface area (Å²) < 4.78 is 15.0. The summed E-state index contributed by atoms with van der Waals surface area (Å²) in [5, 5.41) is 7.94. The highest BCUT2D eigenvalue weighted by Gasteiger charge is 2.15. The van der Waals surface area contributed by atoms with Crippen molar-refractivity contribution in [1.29, 1.82) is 0 Å². The number of rotatable bonds is 6. The van der Waals surface area contributed by atoms with Gasteiger partial charge in [-0.05, 0) is 45.6 Å². The Kier molecular flexibility index (Phi) is 5.32. The first-order chi connectivity index (χ1) is 10.4. The maximum atomic E-state index is 13.1. The molecule has 0 aliphatic carbocycles. The largest absolute Gasteiger partial charge is 0.311 e. The highest BCUT2D eigenvalue weighted by atomic mass is 19.1. The van der Waals surface area contributed by atoms with Gasteiger partial charge in [0.25, 0.3) is 0 Å². The lowest BCUT2D eigenvalue weighted by atomic mass is 10.1. The van der Waals surface area contributed by atoms with Crippen LogP contribution in [0.15, 0.2) is 24.3 Å². The zero-order valence-corrected chi connectivity index (χ0v) is 14.0. The Hall–Kier alpha value is -1.72. The molecule has 0 saturated heterocycles. The minimum Gasteiger partial charge on any atom is -0.311 e. The van der Waals surface area contributed by atoms with E-state index in [0.717, 1.165) is 24.3 Å². The monoisotopic (exact) mass is 304 g/mol. The maximum absolute atomic E-state index is 13.1. The van der Waals surface area contributed by atoms with E-state index in [9.17, 15) is 4.39 Å². The molecule has 0 spiro atoms. The van der Waals surface area contributed by atoms with Crippen LogP contribution in [0.4, 0.5) is 4.39 Å². The molecule has 4 nitrogen and oxygen atoms in total. The normalized spacial score (nSPS) is 12.9. The van der Waals surface area contributed by atoms with Crippen molar-refractivity contribution in [2.45, 2.75) is 26.4 Å². The third-order valence-electron chi connectivity index (χ3n) is 4.18. The average molecular weight is 304 g/mol. The summed E-state index contributed by atoms with van der Waals surface area (Å²) in [6.07, 6.45) is 0. The molecule has 0 aliphatic heterocycles. The highest BCUT2D eigenvalue weighted by Crippen LogP contribution is 2.18. The summed E-state index contributed by atoms with van der Waals surface area (Å²) >= 11 is 0. The van der Waals surface area contributed by atoms with Crippen molar-refractivity contribution in [2.24, 2.45) is 7.05 Å². The van der Waals surface area contributed by atoms with Crippen LogP contribution in [0.3, 0.4) is 0 Å². The van der Waals surface area contributed by atoms with Gasteiger partial charge in [-0.3, -0.25) is 4.68 Å². The molecule has 120 valence electrons. The van der Waals surface area contributed by atoms with E-state index < -0.39 is 0 Å². The smallest absolute Gasteiger partial charge is 0.123 e. The highest BCUT2D eigenvalue weighted by molar-refractivity contribution is 5.24. The fourth-order valence-electron chi connectivity index (χ4n) is 2.69. The van der Waals surface area contributed by atoms with E-state index in [-0.39, 0.29) is 11.9 Å². The SMILES string of the molecule is Cc1nn(C)c(C)c1CNCC(c1ccc(F)cc1)N(C)C. The summed E-state index contributed by atoms with van der Waals surface area (Å²) in [6.45, 7) is 5.71. The number of hydrogen-bond donors (Lipinski definition) is 1. The lowest BCUT2D eigenvalue weighted by Gasteiger charge is -2.25. The number of likely N-dealkylation sites (N-methyl/N-ethyl adjacent to an activating group) is 1. The molecule has 5 heteroatoms. The minimum absolute atomic E-state index is 0.198. The maximum Gasteiger partial charge on any atom is 0.123 e. The molecule has 1 heterocycles. The van der Waals surface area contributed by atoms with E-state index in [1.807, 2.05) is 44.9 Å². The molecule has 1 unspecified atom stereocenters. The summed E-state index contributed by atoms with van der Waals surface area (Å²) in [5.74, 6) is -0.198. The number of aromatic nitrogens is 2. The number of aryl methyl sites for hydroxylation is 2. The molecule has 0 fully saturated rings. The minimum atomic E-state index is -0.198. The molecule has 1 aromatic heterocycles. The number of nitrogens with zero attached hydrogens (tertiary/aromatic N) is 3. The van der Waals surface area contributed by atoms with Crippen molar-refractivity contribution < 1.29 is 4.39 Å². The third-order valence-corrected chi connectivity index (χ3v) is 4.18. The van der Waals surface area contributed by atoms with Crippen LogP contribution in [0, 0.1) is 19.7 Å². The summed E-state index contributed by atoms with van der Waals surface area (Å²) in [6, 6.07) is 6.94. The van der Waals surface area contributed by atoms with Crippen LogP contribution in [0.2, 0.25) is 0 Å². The third kappa shape index (κ3) is 3.72. The molecule has 1 atom stereocenters. The second kappa shape index (κ2) is 7.03. The van der Waals surface area contributed by atoms with Gasteiger partial charge in [0, 0.05) is 37.4 Å². The van der Waals surface area contributed by atoms with Crippen LogP contribution in [0.25, 0.3) is 0 Å². The summed E-state index contributed by atoms with van der Waals surface area (Å²) in [4.78, 5) is 2.14. The van der Waals surface area contributed by atoms with Gasteiger partial charge >= 0.3 is 0 Å². The molecular weight excluding hydrogens is 279 g/mol. The van der Waals surface area contributed by atoms with Crippen LogP contribution in [0.5, 0.6) is 0 Å². The number of benzene rings is 1. The van der Waals surface area contributed by atoms with Crippen LogP contribution < -0.4 is 5.32 Å². The van der Waals surface area contributed by atoms with Gasteiger partial charge in [-0.1, -0.05) is 12.1 Å². The molecule has 0 saturated carbocycles. The van der Waals surface area contributed by atoms with Gasteiger partial charge in [-0.15, -0.1) is 0 Å². The fourth-order valence-corrected chi connectivity index (χ4v) is 2.69. The zero-order valence-electron chi connectivity index (χ0n) is 14.0. The predicted molar refractivity (Wildman–Crippen MR) is 87.2 cm³/mol. The van der Waals surface area contributed by atoms with Gasteiger partial charge in [0.1, 0.15) is 5.82 Å². The van der Waals surface area contributed by atoms with Gasteiger partial charge in [-0.25, -0.2) is 4.39 Å². The Bertz CT molecular complexity index is 616. The quantitative estimate of drug-likeness (QED) is 0.890. The van der Waals surface area contributed by atoms with E-state index >= 15 is 0 Å². The van der Waals surface area contributed by atoms with Crippen LogP contribution in [0.1, 0.15) is 28.6 Å². The first-order valence-corrected chi connectivity index (χ1v) is 7.51. The topological polar surface area (TPSA) is 33.1 Å². The molecule has 1 aromatic carbocycles. The molecule has 2 rings (SSSR count). The Morgan fingerprint density at radius 3 is 2.36 bits per heavy atom. The van der Waals surface area contributed by atoms with E-state index in [1.54, 1.807) is 0 Å². The Morgan fingerprint density at radius 2 is 1.86 bits per heavy atom. The summed E-state index contributed by atoms with van der Waals surface area (Å²) in [7, 11) is 6.04. The molecule has 0 aliphatic rings. The van der Waals surface area contributed by atoms with Crippen molar-refractivity contribution in [3.05, 3.63) is 52.6 Å². The van der Waals surface area contributed by atoms with Crippen molar-refractivity contribution in [2.75, 3.05) is 20.6 Å². The van der Waals surface area contributed by atoms with Crippen molar-refractivity contribution in [3.8, 4) is 0 Å². The van der Waals surface area contributed by atoms with Crippen LogP contribution in [-0.4, -0.2) is 35.3 Å². The van der Waals surface area contributed by atoms with Gasteiger partial charge < -0.3 is 10.2 Å². The average Bonchev–Trinajstić information content (AvgIpc) is 2.70. The van der Waals surface area contributed by atoms with E-state index in [2.05, 4.69) is 22.2 Å².